The Morgan fingerprint density at radius 2 is 2.06 bits per heavy atom. The molecule has 2 rings (SSSR count). The summed E-state index contributed by atoms with van der Waals surface area (Å²) in [5.41, 5.74) is -0.495. The molecule has 4 N–H and O–H groups in total. The Hall–Kier alpha value is -2.90. The lowest BCUT2D eigenvalue weighted by atomic mass is 10.3. The zero-order valence-corrected chi connectivity index (χ0v) is 8.93. The van der Waals surface area contributed by atoms with Gasteiger partial charge in [0, 0.05) is 12.1 Å². The smallest absolute Gasteiger partial charge is 0.353 e. The second-order valence-corrected chi connectivity index (χ2v) is 3.35. The maximum Gasteiger partial charge on any atom is 0.353 e. The summed E-state index contributed by atoms with van der Waals surface area (Å²) in [6.07, 6.45) is 0. The number of rotatable bonds is 3. The van der Waals surface area contributed by atoms with Crippen LogP contribution >= 0.6 is 0 Å². The van der Waals surface area contributed by atoms with Crippen molar-refractivity contribution in [1.82, 2.24) is 15.2 Å². The van der Waals surface area contributed by atoms with Crippen LogP contribution in [0.2, 0.25) is 0 Å². The van der Waals surface area contributed by atoms with Crippen LogP contribution in [0.1, 0.15) is 21.0 Å². The maximum absolute atomic E-state index is 11.7. The summed E-state index contributed by atoms with van der Waals surface area (Å²) in [5.74, 6) is -1.71. The molecule has 1 amide bonds. The van der Waals surface area contributed by atoms with Gasteiger partial charge in [-0.1, -0.05) is 6.07 Å². The number of carbonyl (C=O) groups is 2. The summed E-state index contributed by atoms with van der Waals surface area (Å²) in [5, 5.41) is 16.8. The average Bonchev–Trinajstić information content (AvgIpc) is 2.77. The third-order valence-electron chi connectivity index (χ3n) is 2.06. The monoisotopic (exact) mass is 248 g/mol. The van der Waals surface area contributed by atoms with Gasteiger partial charge in [0.15, 0.2) is 5.82 Å². The molecule has 2 aromatic rings. The van der Waals surface area contributed by atoms with Crippen molar-refractivity contribution in [3.8, 4) is 0 Å². The number of aromatic nitrogens is 3. The van der Waals surface area contributed by atoms with Gasteiger partial charge in [0.2, 0.25) is 5.56 Å². The fourth-order valence-corrected chi connectivity index (χ4v) is 1.26. The number of aromatic amines is 2. The van der Waals surface area contributed by atoms with Gasteiger partial charge in [0.05, 0.1) is 0 Å². The first-order chi connectivity index (χ1) is 8.56. The summed E-state index contributed by atoms with van der Waals surface area (Å²) in [6, 6.07) is 5.29. The van der Waals surface area contributed by atoms with Crippen molar-refractivity contribution in [2.24, 2.45) is 0 Å². The molecule has 0 bridgehead atoms. The lowest BCUT2D eigenvalue weighted by Crippen LogP contribution is -2.18. The number of carbonyl (C=O) groups excluding carboxylic acids is 1. The van der Waals surface area contributed by atoms with Crippen molar-refractivity contribution < 1.29 is 14.7 Å². The molecular weight excluding hydrogens is 240 g/mol. The van der Waals surface area contributed by atoms with Gasteiger partial charge in [-0.3, -0.25) is 14.7 Å². The van der Waals surface area contributed by atoms with Crippen LogP contribution in [0.15, 0.2) is 29.1 Å². The molecule has 8 heteroatoms. The minimum absolute atomic E-state index is 0.0575. The Kier molecular flexibility index (Phi) is 2.92. The fraction of sp³-hybridized carbons (Fsp3) is 0. The number of H-pyrrole nitrogens is 2. The topological polar surface area (TPSA) is 128 Å². The van der Waals surface area contributed by atoms with Crippen molar-refractivity contribution in [3.05, 3.63) is 46.0 Å². The molecule has 0 aliphatic rings. The average molecular weight is 248 g/mol. The summed E-state index contributed by atoms with van der Waals surface area (Å²) in [6.45, 7) is 0. The van der Waals surface area contributed by atoms with Gasteiger partial charge in [0.25, 0.3) is 5.91 Å². The lowest BCUT2D eigenvalue weighted by molar-refractivity contribution is 0.0690. The molecule has 18 heavy (non-hydrogen) atoms. The molecule has 0 saturated heterocycles. The summed E-state index contributed by atoms with van der Waals surface area (Å²) >= 11 is 0. The quantitative estimate of drug-likeness (QED) is 0.610. The second kappa shape index (κ2) is 4.53. The SMILES string of the molecule is O=C(O)c1cc(NC(=O)c2cccc(=O)[nH]2)n[nH]1. The normalized spacial score (nSPS) is 10.0. The van der Waals surface area contributed by atoms with Crippen LogP contribution in [0.4, 0.5) is 5.82 Å². The number of hydrogen-bond acceptors (Lipinski definition) is 4. The van der Waals surface area contributed by atoms with Crippen LogP contribution in [-0.2, 0) is 0 Å². The van der Waals surface area contributed by atoms with Crippen LogP contribution in [-0.4, -0.2) is 32.2 Å². The highest BCUT2D eigenvalue weighted by Crippen LogP contribution is 2.06. The maximum atomic E-state index is 11.7. The molecule has 0 aliphatic heterocycles. The van der Waals surface area contributed by atoms with E-state index in [-0.39, 0.29) is 17.2 Å². The summed E-state index contributed by atoms with van der Waals surface area (Å²) in [4.78, 5) is 35.6. The number of nitrogens with one attached hydrogen (secondary N) is 3. The first kappa shape index (κ1) is 11.6. The third-order valence-corrected chi connectivity index (χ3v) is 2.06. The lowest BCUT2D eigenvalue weighted by Gasteiger charge is -2.00. The number of pyridine rings is 1. The van der Waals surface area contributed by atoms with E-state index in [2.05, 4.69) is 20.5 Å². The van der Waals surface area contributed by atoms with E-state index in [0.717, 1.165) is 0 Å². The highest BCUT2D eigenvalue weighted by molar-refractivity contribution is 6.02. The summed E-state index contributed by atoms with van der Waals surface area (Å²) in [7, 11) is 0. The van der Waals surface area contributed by atoms with E-state index < -0.39 is 17.4 Å². The van der Waals surface area contributed by atoms with Crippen LogP contribution in [0.25, 0.3) is 0 Å². The second-order valence-electron chi connectivity index (χ2n) is 3.35. The Bertz CT molecular complexity index is 658. The van der Waals surface area contributed by atoms with Crippen LogP contribution in [0, 0.1) is 0 Å². The molecule has 2 aromatic heterocycles. The van der Waals surface area contributed by atoms with Gasteiger partial charge < -0.3 is 15.4 Å². The van der Waals surface area contributed by atoms with E-state index in [1.165, 1.54) is 24.3 Å². The first-order valence-corrected chi connectivity index (χ1v) is 4.85. The highest BCUT2D eigenvalue weighted by Gasteiger charge is 2.11. The Balaban J connectivity index is 2.16. The number of carboxylic acid groups (broad SMARTS) is 1. The van der Waals surface area contributed by atoms with Crippen molar-refractivity contribution in [2.45, 2.75) is 0 Å². The number of anilines is 1. The molecule has 0 aliphatic carbocycles. The molecule has 8 nitrogen and oxygen atoms in total. The first-order valence-electron chi connectivity index (χ1n) is 4.85. The Labute approximate surface area is 99.7 Å². The number of carboxylic acids is 1. The van der Waals surface area contributed by atoms with Gasteiger partial charge in [-0.05, 0) is 6.07 Å². The molecule has 2 heterocycles. The predicted molar refractivity (Wildman–Crippen MR) is 60.6 cm³/mol. The van der Waals surface area contributed by atoms with Gasteiger partial charge in [-0.15, -0.1) is 0 Å². The summed E-state index contributed by atoms with van der Waals surface area (Å²) < 4.78 is 0. The van der Waals surface area contributed by atoms with E-state index in [4.69, 9.17) is 5.11 Å². The molecule has 0 saturated carbocycles. The zero-order chi connectivity index (χ0) is 13.1. The van der Waals surface area contributed by atoms with E-state index >= 15 is 0 Å². The largest absolute Gasteiger partial charge is 0.477 e. The molecular formula is C10H8N4O4. The Morgan fingerprint density at radius 3 is 2.67 bits per heavy atom. The third kappa shape index (κ3) is 2.43. The van der Waals surface area contributed by atoms with E-state index in [1.807, 2.05) is 0 Å². The molecule has 0 fully saturated rings. The number of aromatic carboxylic acids is 1. The van der Waals surface area contributed by atoms with E-state index in [1.54, 1.807) is 0 Å². The standard InChI is InChI=1S/C10H8N4O4/c15-8-3-1-2-5(11-8)9(16)12-7-4-6(10(17)18)13-14-7/h1-4H,(H,11,15)(H,17,18)(H2,12,13,14,16). The van der Waals surface area contributed by atoms with Crippen molar-refractivity contribution in [2.75, 3.05) is 5.32 Å². The minimum Gasteiger partial charge on any atom is -0.477 e. The molecule has 0 spiro atoms. The molecule has 0 radical (unpaired) electrons. The van der Waals surface area contributed by atoms with E-state index in [0.29, 0.717) is 0 Å². The van der Waals surface area contributed by atoms with Gasteiger partial charge in [0.1, 0.15) is 11.4 Å². The fourth-order valence-electron chi connectivity index (χ4n) is 1.26. The van der Waals surface area contributed by atoms with Gasteiger partial charge in [-0.2, -0.15) is 5.10 Å². The highest BCUT2D eigenvalue weighted by atomic mass is 16.4. The van der Waals surface area contributed by atoms with Crippen LogP contribution in [0.3, 0.4) is 0 Å². The van der Waals surface area contributed by atoms with Crippen molar-refractivity contribution >= 4 is 17.7 Å². The number of hydrogen-bond donors (Lipinski definition) is 4. The minimum atomic E-state index is -1.18. The Morgan fingerprint density at radius 1 is 1.28 bits per heavy atom. The number of amides is 1. The molecule has 0 aromatic carbocycles. The molecule has 92 valence electrons. The van der Waals surface area contributed by atoms with Gasteiger partial charge >= 0.3 is 5.97 Å². The van der Waals surface area contributed by atoms with Gasteiger partial charge in [-0.25, -0.2) is 4.79 Å². The van der Waals surface area contributed by atoms with Crippen molar-refractivity contribution in [3.63, 3.8) is 0 Å². The van der Waals surface area contributed by atoms with Crippen LogP contribution in [0.5, 0.6) is 0 Å². The zero-order valence-electron chi connectivity index (χ0n) is 8.93. The van der Waals surface area contributed by atoms with Crippen molar-refractivity contribution in [1.29, 1.82) is 0 Å². The van der Waals surface area contributed by atoms with E-state index in [9.17, 15) is 14.4 Å². The molecule has 0 unspecified atom stereocenters. The number of nitrogens with zero attached hydrogens (tertiary/aromatic N) is 1. The predicted octanol–water partition coefficient (Wildman–Crippen LogP) is 0.0485. The molecule has 0 atom stereocenters. The van der Waals surface area contributed by atoms with Crippen LogP contribution < -0.4 is 10.9 Å².